The second-order valence-corrected chi connectivity index (χ2v) is 3.82. The molecule has 1 aromatic carbocycles. The van der Waals surface area contributed by atoms with Crippen LogP contribution in [0.4, 0.5) is 5.82 Å². The van der Waals surface area contributed by atoms with Gasteiger partial charge in [-0.15, -0.1) is 0 Å². The minimum Gasteiger partial charge on any atom is -0.508 e. The molecule has 0 fully saturated rings. The van der Waals surface area contributed by atoms with Crippen molar-refractivity contribution < 1.29 is 14.6 Å². The fourth-order valence-corrected chi connectivity index (χ4v) is 1.85. The van der Waals surface area contributed by atoms with Gasteiger partial charge in [0.25, 0.3) is 0 Å². The summed E-state index contributed by atoms with van der Waals surface area (Å²) in [4.78, 5) is 14.1. The van der Waals surface area contributed by atoms with Crippen LogP contribution < -0.4 is 5.73 Å². The van der Waals surface area contributed by atoms with E-state index in [4.69, 9.17) is 5.73 Å². The van der Waals surface area contributed by atoms with E-state index in [2.05, 4.69) is 9.72 Å². The second kappa shape index (κ2) is 4.37. The third-order valence-corrected chi connectivity index (χ3v) is 2.73. The maximum Gasteiger partial charge on any atom is 0.305 e. The first-order valence-electron chi connectivity index (χ1n) is 5.27. The number of esters is 1. The van der Waals surface area contributed by atoms with Gasteiger partial charge in [-0.3, -0.25) is 4.79 Å². The topological polar surface area (TPSA) is 88.3 Å². The van der Waals surface area contributed by atoms with Crippen molar-refractivity contribution in [1.29, 1.82) is 0 Å². The number of aromatic hydroxyl groups is 1. The molecule has 2 rings (SSSR count). The molecule has 1 aromatic heterocycles. The summed E-state index contributed by atoms with van der Waals surface area (Å²) < 4.78 is 4.58. The van der Waals surface area contributed by atoms with Gasteiger partial charge in [0.15, 0.2) is 0 Å². The van der Waals surface area contributed by atoms with E-state index in [1.54, 1.807) is 18.2 Å². The molecule has 0 bridgehead atoms. The number of fused-ring (bicyclic) bond motifs is 1. The number of H-pyrrole nitrogens is 1. The predicted molar refractivity (Wildman–Crippen MR) is 64.7 cm³/mol. The molecule has 0 spiro atoms. The quantitative estimate of drug-likeness (QED) is 0.703. The van der Waals surface area contributed by atoms with Gasteiger partial charge in [-0.05, 0) is 24.6 Å². The van der Waals surface area contributed by atoms with Gasteiger partial charge < -0.3 is 20.6 Å². The molecular weight excluding hydrogens is 220 g/mol. The van der Waals surface area contributed by atoms with Crippen molar-refractivity contribution >= 4 is 22.7 Å². The zero-order chi connectivity index (χ0) is 12.4. The van der Waals surface area contributed by atoms with Crippen LogP contribution in [0, 0.1) is 0 Å². The average molecular weight is 234 g/mol. The number of anilines is 1. The Labute approximate surface area is 98.2 Å². The van der Waals surface area contributed by atoms with Crippen LogP contribution in [-0.4, -0.2) is 23.2 Å². The Morgan fingerprint density at radius 2 is 2.29 bits per heavy atom. The smallest absolute Gasteiger partial charge is 0.305 e. The van der Waals surface area contributed by atoms with Gasteiger partial charge in [0.2, 0.25) is 0 Å². The molecule has 0 aliphatic rings. The summed E-state index contributed by atoms with van der Waals surface area (Å²) in [7, 11) is 1.35. The van der Waals surface area contributed by atoms with Crippen LogP contribution in [0.1, 0.15) is 12.0 Å². The number of rotatable bonds is 3. The highest BCUT2D eigenvalue weighted by molar-refractivity contribution is 5.89. The van der Waals surface area contributed by atoms with E-state index < -0.39 is 0 Å². The summed E-state index contributed by atoms with van der Waals surface area (Å²) in [6, 6.07) is 4.97. The first-order chi connectivity index (χ1) is 8.11. The van der Waals surface area contributed by atoms with Crippen molar-refractivity contribution in [2.24, 2.45) is 0 Å². The lowest BCUT2D eigenvalue weighted by Crippen LogP contribution is -2.02. The van der Waals surface area contributed by atoms with Crippen molar-refractivity contribution in [1.82, 2.24) is 4.98 Å². The summed E-state index contributed by atoms with van der Waals surface area (Å²) >= 11 is 0. The first-order valence-corrected chi connectivity index (χ1v) is 5.27. The summed E-state index contributed by atoms with van der Waals surface area (Å²) in [5.41, 5.74) is 7.52. The van der Waals surface area contributed by atoms with E-state index >= 15 is 0 Å². The lowest BCUT2D eigenvalue weighted by Gasteiger charge is -2.01. The number of hydrogen-bond acceptors (Lipinski definition) is 4. The SMILES string of the molecule is COC(=O)CCc1c(N)[nH]c2ccc(O)cc12. The Bertz CT molecular complexity index is 560. The number of carbonyl (C=O) groups is 1. The Morgan fingerprint density at radius 1 is 1.53 bits per heavy atom. The number of nitrogens with two attached hydrogens (primary N) is 1. The summed E-state index contributed by atoms with van der Waals surface area (Å²) in [5.74, 6) is 0.421. The Morgan fingerprint density at radius 3 is 3.00 bits per heavy atom. The van der Waals surface area contributed by atoms with Crippen molar-refractivity contribution in [3.8, 4) is 5.75 Å². The predicted octanol–water partition coefficient (Wildman–Crippen LogP) is 1.56. The van der Waals surface area contributed by atoms with Gasteiger partial charge in [-0.1, -0.05) is 0 Å². The Hall–Kier alpha value is -2.17. The van der Waals surface area contributed by atoms with E-state index in [9.17, 15) is 9.90 Å². The highest BCUT2D eigenvalue weighted by atomic mass is 16.5. The van der Waals surface area contributed by atoms with Crippen molar-refractivity contribution in [2.75, 3.05) is 12.8 Å². The van der Waals surface area contributed by atoms with Gasteiger partial charge >= 0.3 is 5.97 Å². The molecule has 0 unspecified atom stereocenters. The third-order valence-electron chi connectivity index (χ3n) is 2.73. The van der Waals surface area contributed by atoms with Gasteiger partial charge in [-0.25, -0.2) is 0 Å². The van der Waals surface area contributed by atoms with E-state index in [1.807, 2.05) is 0 Å². The highest BCUT2D eigenvalue weighted by Crippen LogP contribution is 2.28. The molecule has 0 aliphatic carbocycles. The number of aryl methyl sites for hydroxylation is 1. The first kappa shape index (κ1) is 11.3. The number of carbonyl (C=O) groups excluding carboxylic acids is 1. The molecule has 4 N–H and O–H groups in total. The largest absolute Gasteiger partial charge is 0.508 e. The molecule has 17 heavy (non-hydrogen) atoms. The molecule has 90 valence electrons. The highest BCUT2D eigenvalue weighted by Gasteiger charge is 2.11. The summed E-state index contributed by atoms with van der Waals surface area (Å²) in [6.45, 7) is 0. The van der Waals surface area contributed by atoms with E-state index in [0.717, 1.165) is 16.5 Å². The number of aromatic amines is 1. The fraction of sp³-hybridized carbons (Fsp3) is 0.250. The molecule has 2 aromatic rings. The standard InChI is InChI=1S/C12H14N2O3/c1-17-11(16)5-3-8-9-6-7(15)2-4-10(9)14-12(8)13/h2,4,6,14-15H,3,5,13H2,1H3. The lowest BCUT2D eigenvalue weighted by atomic mass is 10.1. The van der Waals surface area contributed by atoms with E-state index in [-0.39, 0.29) is 18.1 Å². The Kier molecular flexibility index (Phi) is 2.91. The number of benzene rings is 1. The normalized spacial score (nSPS) is 10.6. The number of aromatic nitrogens is 1. The van der Waals surface area contributed by atoms with Crippen LogP contribution in [0.5, 0.6) is 5.75 Å². The van der Waals surface area contributed by atoms with Crippen LogP contribution in [0.3, 0.4) is 0 Å². The zero-order valence-corrected chi connectivity index (χ0v) is 9.49. The van der Waals surface area contributed by atoms with Crippen molar-refractivity contribution in [3.05, 3.63) is 23.8 Å². The van der Waals surface area contributed by atoms with Gasteiger partial charge in [0, 0.05) is 22.9 Å². The molecule has 0 amide bonds. The van der Waals surface area contributed by atoms with Gasteiger partial charge in [-0.2, -0.15) is 0 Å². The number of ether oxygens (including phenoxy) is 1. The fourth-order valence-electron chi connectivity index (χ4n) is 1.85. The number of phenols is 1. The number of nitrogen functional groups attached to an aromatic ring is 1. The molecule has 0 atom stereocenters. The van der Waals surface area contributed by atoms with Crippen molar-refractivity contribution in [3.63, 3.8) is 0 Å². The third kappa shape index (κ3) is 2.18. The molecule has 0 saturated carbocycles. The molecule has 5 heteroatoms. The minimum atomic E-state index is -0.279. The average Bonchev–Trinajstić information content (AvgIpc) is 2.61. The molecule has 0 saturated heterocycles. The molecule has 0 aliphatic heterocycles. The van der Waals surface area contributed by atoms with E-state index in [0.29, 0.717) is 12.2 Å². The summed E-state index contributed by atoms with van der Waals surface area (Å²) in [6.07, 6.45) is 0.755. The molecule has 5 nitrogen and oxygen atoms in total. The second-order valence-electron chi connectivity index (χ2n) is 3.82. The Balaban J connectivity index is 2.35. The van der Waals surface area contributed by atoms with Crippen LogP contribution >= 0.6 is 0 Å². The number of nitrogens with one attached hydrogen (secondary N) is 1. The van der Waals surface area contributed by atoms with Crippen LogP contribution in [0.15, 0.2) is 18.2 Å². The van der Waals surface area contributed by atoms with E-state index in [1.165, 1.54) is 7.11 Å². The van der Waals surface area contributed by atoms with Gasteiger partial charge in [0.1, 0.15) is 11.6 Å². The summed E-state index contributed by atoms with van der Waals surface area (Å²) in [5, 5.41) is 10.3. The van der Waals surface area contributed by atoms with Crippen LogP contribution in [-0.2, 0) is 16.0 Å². The van der Waals surface area contributed by atoms with Crippen LogP contribution in [0.25, 0.3) is 10.9 Å². The number of hydrogen-bond donors (Lipinski definition) is 3. The lowest BCUT2D eigenvalue weighted by molar-refractivity contribution is -0.140. The maximum atomic E-state index is 11.1. The molecular formula is C12H14N2O3. The van der Waals surface area contributed by atoms with Gasteiger partial charge in [0.05, 0.1) is 7.11 Å². The monoisotopic (exact) mass is 234 g/mol. The number of methoxy groups -OCH3 is 1. The molecule has 1 heterocycles. The maximum absolute atomic E-state index is 11.1. The number of phenolic OH excluding ortho intramolecular Hbond substituents is 1. The van der Waals surface area contributed by atoms with Crippen molar-refractivity contribution in [2.45, 2.75) is 12.8 Å². The van der Waals surface area contributed by atoms with Crippen LogP contribution in [0.2, 0.25) is 0 Å². The minimum absolute atomic E-state index is 0.177. The molecule has 0 radical (unpaired) electrons. The zero-order valence-electron chi connectivity index (χ0n) is 9.49.